The Bertz CT molecular complexity index is 624. The number of carbonyl (C=O) groups is 1. The third kappa shape index (κ3) is 3.75. The number of methoxy groups -OCH3 is 3. The van der Waals surface area contributed by atoms with E-state index in [2.05, 4.69) is 17.3 Å². The first-order valence-electron chi connectivity index (χ1n) is 9.36. The summed E-state index contributed by atoms with van der Waals surface area (Å²) >= 11 is 0. The van der Waals surface area contributed by atoms with Gasteiger partial charge in [-0.05, 0) is 56.8 Å². The molecule has 0 bridgehead atoms. The van der Waals surface area contributed by atoms with E-state index in [1.807, 2.05) is 0 Å². The van der Waals surface area contributed by atoms with Crippen molar-refractivity contribution in [2.24, 2.45) is 11.8 Å². The second-order valence-corrected chi connectivity index (χ2v) is 7.40. The maximum atomic E-state index is 12.9. The summed E-state index contributed by atoms with van der Waals surface area (Å²) in [6.07, 6.45) is 4.66. The van der Waals surface area contributed by atoms with Gasteiger partial charge in [0.2, 0.25) is 5.75 Å². The number of piperidine rings is 1. The van der Waals surface area contributed by atoms with Crippen LogP contribution in [0.3, 0.4) is 0 Å². The molecule has 1 aliphatic heterocycles. The monoisotopic (exact) mass is 362 g/mol. The molecule has 0 radical (unpaired) electrons. The molecule has 2 aliphatic rings. The standard InChI is InChI=1S/C20H30N2O4/c1-22-9-8-15-13(12-22)6-5-7-16(15)21-20(23)14-10-17(24-2)19(26-4)18(11-14)25-3/h10-11,13,15-16H,5-9,12H2,1-4H3,(H,21,23)/t13-,15-,16-/m0/s1. The van der Waals surface area contributed by atoms with E-state index >= 15 is 0 Å². The lowest BCUT2D eigenvalue weighted by Crippen LogP contribution is -2.51. The number of carbonyl (C=O) groups excluding carboxylic acids is 1. The van der Waals surface area contributed by atoms with Crippen LogP contribution in [-0.4, -0.2) is 58.3 Å². The van der Waals surface area contributed by atoms with Gasteiger partial charge in [0.05, 0.1) is 21.3 Å². The predicted octanol–water partition coefficient (Wildman–Crippen LogP) is 2.56. The molecule has 0 aromatic heterocycles. The fourth-order valence-corrected chi connectivity index (χ4v) is 4.52. The molecular weight excluding hydrogens is 332 g/mol. The number of amides is 1. The Kier molecular flexibility index (Phi) is 5.91. The molecule has 26 heavy (non-hydrogen) atoms. The van der Waals surface area contributed by atoms with Gasteiger partial charge in [-0.1, -0.05) is 6.42 Å². The fourth-order valence-electron chi connectivity index (χ4n) is 4.52. The maximum absolute atomic E-state index is 12.9. The summed E-state index contributed by atoms with van der Waals surface area (Å²) < 4.78 is 16.1. The van der Waals surface area contributed by atoms with Crippen LogP contribution < -0.4 is 19.5 Å². The average molecular weight is 362 g/mol. The highest BCUT2D eigenvalue weighted by molar-refractivity contribution is 5.95. The van der Waals surface area contributed by atoms with Gasteiger partial charge in [-0.2, -0.15) is 0 Å². The quantitative estimate of drug-likeness (QED) is 0.872. The molecule has 0 unspecified atom stereocenters. The number of fused-ring (bicyclic) bond motifs is 1. The van der Waals surface area contributed by atoms with Crippen molar-refractivity contribution in [1.82, 2.24) is 10.2 Å². The maximum Gasteiger partial charge on any atom is 0.251 e. The third-order valence-electron chi connectivity index (χ3n) is 5.85. The minimum Gasteiger partial charge on any atom is -0.493 e. The minimum atomic E-state index is -0.0752. The zero-order valence-corrected chi connectivity index (χ0v) is 16.2. The van der Waals surface area contributed by atoms with Crippen molar-refractivity contribution < 1.29 is 19.0 Å². The molecule has 6 heteroatoms. The average Bonchev–Trinajstić information content (AvgIpc) is 2.66. The first kappa shape index (κ1) is 18.8. The van der Waals surface area contributed by atoms with Gasteiger partial charge in [0, 0.05) is 18.2 Å². The third-order valence-corrected chi connectivity index (χ3v) is 5.85. The zero-order valence-electron chi connectivity index (χ0n) is 16.2. The summed E-state index contributed by atoms with van der Waals surface area (Å²) in [6, 6.07) is 3.67. The molecule has 1 saturated carbocycles. The van der Waals surface area contributed by atoms with Gasteiger partial charge in [-0.15, -0.1) is 0 Å². The van der Waals surface area contributed by atoms with Gasteiger partial charge in [-0.25, -0.2) is 0 Å². The molecule has 1 aliphatic carbocycles. The van der Waals surface area contributed by atoms with E-state index in [9.17, 15) is 4.79 Å². The van der Waals surface area contributed by atoms with E-state index in [0.29, 0.717) is 34.6 Å². The van der Waals surface area contributed by atoms with Crippen molar-refractivity contribution in [3.8, 4) is 17.2 Å². The highest BCUT2D eigenvalue weighted by Gasteiger charge is 2.37. The van der Waals surface area contributed by atoms with E-state index in [0.717, 1.165) is 25.9 Å². The summed E-state index contributed by atoms with van der Waals surface area (Å²) in [5.41, 5.74) is 0.537. The summed E-state index contributed by atoms with van der Waals surface area (Å²) in [5.74, 6) is 2.68. The van der Waals surface area contributed by atoms with Crippen LogP contribution in [0.1, 0.15) is 36.0 Å². The lowest BCUT2D eigenvalue weighted by atomic mass is 9.72. The van der Waals surface area contributed by atoms with E-state index in [1.165, 1.54) is 12.8 Å². The van der Waals surface area contributed by atoms with Gasteiger partial charge in [0.25, 0.3) is 5.91 Å². The molecule has 1 saturated heterocycles. The number of hydrogen-bond donors (Lipinski definition) is 1. The van der Waals surface area contributed by atoms with Crippen LogP contribution in [0.4, 0.5) is 0 Å². The summed E-state index contributed by atoms with van der Waals surface area (Å²) in [4.78, 5) is 15.3. The topological polar surface area (TPSA) is 60.0 Å². The Morgan fingerprint density at radius 2 is 1.77 bits per heavy atom. The van der Waals surface area contributed by atoms with Crippen LogP contribution in [0.5, 0.6) is 17.2 Å². The SMILES string of the molecule is COc1cc(C(=O)N[C@H]2CCC[C@H]3CN(C)CC[C@@H]32)cc(OC)c1OC. The molecule has 1 heterocycles. The van der Waals surface area contributed by atoms with Crippen LogP contribution in [0.2, 0.25) is 0 Å². The molecular formula is C20H30N2O4. The van der Waals surface area contributed by atoms with E-state index in [-0.39, 0.29) is 11.9 Å². The first-order chi connectivity index (χ1) is 12.6. The molecule has 6 nitrogen and oxygen atoms in total. The predicted molar refractivity (Wildman–Crippen MR) is 100 cm³/mol. The van der Waals surface area contributed by atoms with Crippen molar-refractivity contribution in [2.45, 2.75) is 31.7 Å². The van der Waals surface area contributed by atoms with Gasteiger partial charge in [0.1, 0.15) is 0 Å². The Morgan fingerprint density at radius 1 is 1.08 bits per heavy atom. The number of benzene rings is 1. The number of ether oxygens (including phenoxy) is 3. The number of hydrogen-bond acceptors (Lipinski definition) is 5. The molecule has 3 rings (SSSR count). The van der Waals surface area contributed by atoms with Crippen molar-refractivity contribution in [1.29, 1.82) is 0 Å². The smallest absolute Gasteiger partial charge is 0.251 e. The number of likely N-dealkylation sites (tertiary alicyclic amines) is 1. The summed E-state index contributed by atoms with van der Waals surface area (Å²) in [6.45, 7) is 2.25. The van der Waals surface area contributed by atoms with Crippen molar-refractivity contribution in [2.75, 3.05) is 41.5 Å². The molecule has 3 atom stereocenters. The minimum absolute atomic E-state index is 0.0752. The van der Waals surface area contributed by atoms with Gasteiger partial charge >= 0.3 is 0 Å². The van der Waals surface area contributed by atoms with Crippen LogP contribution in [0, 0.1) is 11.8 Å². The van der Waals surface area contributed by atoms with Crippen LogP contribution in [0.25, 0.3) is 0 Å². The normalized spacial score (nSPS) is 25.9. The Morgan fingerprint density at radius 3 is 2.38 bits per heavy atom. The lowest BCUT2D eigenvalue weighted by molar-refractivity contribution is 0.0661. The molecule has 1 aromatic carbocycles. The molecule has 1 aromatic rings. The number of nitrogens with zero attached hydrogens (tertiary/aromatic N) is 1. The van der Waals surface area contributed by atoms with E-state index in [4.69, 9.17) is 14.2 Å². The lowest BCUT2D eigenvalue weighted by Gasteiger charge is -2.44. The molecule has 2 fully saturated rings. The van der Waals surface area contributed by atoms with Crippen LogP contribution in [0.15, 0.2) is 12.1 Å². The van der Waals surface area contributed by atoms with E-state index in [1.54, 1.807) is 33.5 Å². The van der Waals surface area contributed by atoms with Crippen molar-refractivity contribution >= 4 is 5.91 Å². The van der Waals surface area contributed by atoms with Crippen LogP contribution >= 0.6 is 0 Å². The zero-order chi connectivity index (χ0) is 18.7. The number of nitrogens with one attached hydrogen (secondary N) is 1. The molecule has 144 valence electrons. The summed E-state index contributed by atoms with van der Waals surface area (Å²) in [7, 11) is 6.86. The largest absolute Gasteiger partial charge is 0.493 e. The fraction of sp³-hybridized carbons (Fsp3) is 0.650. The van der Waals surface area contributed by atoms with Gasteiger partial charge < -0.3 is 24.4 Å². The Balaban J connectivity index is 1.77. The van der Waals surface area contributed by atoms with Crippen LogP contribution in [-0.2, 0) is 0 Å². The highest BCUT2D eigenvalue weighted by atomic mass is 16.5. The van der Waals surface area contributed by atoms with E-state index < -0.39 is 0 Å². The Labute approximate surface area is 155 Å². The second-order valence-electron chi connectivity index (χ2n) is 7.40. The molecule has 0 spiro atoms. The molecule has 1 N–H and O–H groups in total. The van der Waals surface area contributed by atoms with Crippen molar-refractivity contribution in [3.63, 3.8) is 0 Å². The number of rotatable bonds is 5. The Hall–Kier alpha value is -1.95. The van der Waals surface area contributed by atoms with Gasteiger partial charge in [-0.3, -0.25) is 4.79 Å². The van der Waals surface area contributed by atoms with Gasteiger partial charge in [0.15, 0.2) is 11.5 Å². The molecule has 1 amide bonds. The highest BCUT2D eigenvalue weighted by Crippen LogP contribution is 2.39. The second kappa shape index (κ2) is 8.16. The first-order valence-corrected chi connectivity index (χ1v) is 9.36. The summed E-state index contributed by atoms with van der Waals surface area (Å²) in [5, 5.41) is 3.28. The van der Waals surface area contributed by atoms with Crippen molar-refractivity contribution in [3.05, 3.63) is 17.7 Å².